The SMILES string of the molecule is CC(C)(C)c1ccnc(-n2c3[c-]c(Oc4[c-]c(-n5[c-][n+](-c6c(-c7cc(-c8ccccc8)cc(-c8ccccc8)c7)cccc6-c6cc(-c7ccccc7)cc(-c7ccccc7)c6)c6ccccc65)ccc4)ccc3c3cc(-c4ccc5c(c4)c4ccccc4n5-c4ccccc4)ccc32)c1.[Pt]. The van der Waals surface area contributed by atoms with E-state index in [0.717, 1.165) is 134 Å². The first-order valence-corrected chi connectivity index (χ1v) is 34.1. The van der Waals surface area contributed by atoms with Crippen molar-refractivity contribution in [1.29, 1.82) is 0 Å². The van der Waals surface area contributed by atoms with Crippen LogP contribution in [-0.4, -0.2) is 18.7 Å². The van der Waals surface area contributed by atoms with E-state index in [-0.39, 0.29) is 26.5 Å². The number of imidazole rings is 1. The van der Waals surface area contributed by atoms with Crippen molar-refractivity contribution in [2.45, 2.75) is 26.2 Å². The van der Waals surface area contributed by atoms with Crippen LogP contribution in [-0.2, 0) is 26.5 Å². The summed E-state index contributed by atoms with van der Waals surface area (Å²) < 4.78 is 16.0. The second-order valence-corrected chi connectivity index (χ2v) is 26.8. The normalized spacial score (nSPS) is 11.6. The van der Waals surface area contributed by atoms with Crippen molar-refractivity contribution in [2.24, 2.45) is 0 Å². The summed E-state index contributed by atoms with van der Waals surface area (Å²) in [7, 11) is 0. The molecule has 4 aromatic heterocycles. The Morgan fingerprint density at radius 2 is 0.822 bits per heavy atom. The molecule has 0 fully saturated rings. The fraction of sp³-hybridized carbons (Fsp3) is 0.0426. The molecule has 0 aliphatic rings. The predicted molar refractivity (Wildman–Crippen MR) is 411 cm³/mol. The Morgan fingerprint density at radius 1 is 0.347 bits per heavy atom. The van der Waals surface area contributed by atoms with Gasteiger partial charge < -0.3 is 18.4 Å². The van der Waals surface area contributed by atoms with Crippen LogP contribution in [0, 0.1) is 18.5 Å². The molecular weight excluding hydrogens is 1410 g/mol. The molecule has 6 nitrogen and oxygen atoms in total. The zero-order chi connectivity index (χ0) is 66.8. The zero-order valence-corrected chi connectivity index (χ0v) is 58.1. The Hall–Kier alpha value is -12.2. The third kappa shape index (κ3) is 11.5. The predicted octanol–water partition coefficient (Wildman–Crippen LogP) is 23.7. The first-order valence-electron chi connectivity index (χ1n) is 34.1. The van der Waals surface area contributed by atoms with Crippen LogP contribution in [0.2, 0.25) is 0 Å². The van der Waals surface area contributed by atoms with E-state index in [1.807, 2.05) is 24.4 Å². The molecule has 0 spiro atoms. The maximum atomic E-state index is 6.98. The second kappa shape index (κ2) is 25.9. The number of pyridine rings is 1. The number of ether oxygens (including phenoxy) is 1. The van der Waals surface area contributed by atoms with Gasteiger partial charge in [0.05, 0.1) is 27.8 Å². The summed E-state index contributed by atoms with van der Waals surface area (Å²) in [5, 5.41) is 4.55. The second-order valence-electron chi connectivity index (χ2n) is 26.8. The van der Waals surface area contributed by atoms with E-state index in [1.54, 1.807) is 0 Å². The number of benzene rings is 14. The molecule has 0 unspecified atom stereocenters. The largest absolute Gasteiger partial charge is 0.510 e. The molecule has 0 radical (unpaired) electrons. The minimum absolute atomic E-state index is 0. The molecule has 0 saturated carbocycles. The number of para-hydroxylation sites is 5. The van der Waals surface area contributed by atoms with Crippen molar-refractivity contribution in [1.82, 2.24) is 18.7 Å². The molecule has 0 aliphatic heterocycles. The van der Waals surface area contributed by atoms with Crippen molar-refractivity contribution in [3.63, 3.8) is 0 Å². The fourth-order valence-electron chi connectivity index (χ4n) is 14.6. The van der Waals surface area contributed by atoms with Crippen LogP contribution in [0.3, 0.4) is 0 Å². The summed E-state index contributed by atoms with van der Waals surface area (Å²) in [5.41, 5.74) is 25.7. The first-order chi connectivity index (χ1) is 49.2. The Kier molecular flexibility index (Phi) is 16.0. The van der Waals surface area contributed by atoms with Crippen molar-refractivity contribution < 1.29 is 30.4 Å². The van der Waals surface area contributed by atoms with Gasteiger partial charge in [-0.15, -0.1) is 29.7 Å². The van der Waals surface area contributed by atoms with Gasteiger partial charge in [-0.05, 0) is 185 Å². The van der Waals surface area contributed by atoms with Crippen LogP contribution in [0.5, 0.6) is 11.5 Å². The average Bonchev–Trinajstić information content (AvgIpc) is 1.36. The number of rotatable bonds is 13. The van der Waals surface area contributed by atoms with Gasteiger partial charge in [0.25, 0.3) is 6.33 Å². The van der Waals surface area contributed by atoms with Crippen molar-refractivity contribution >= 4 is 54.6 Å². The molecule has 0 bridgehead atoms. The molecule has 14 aromatic carbocycles. The standard InChI is InChI=1S/C94H65N5O.Pt/c1-94(2,3)75-49-50-95-92(59-75)99-88-48-44-68(67-43-47-87-84(57-67)82-37-19-20-40-86(82)98(87)76-33-17-8-18-34-76)58-85(88)83-46-45-79(61-91(83)99)100-78-36-23-35-77(60-78)96-62-97(90-42-22-21-41-89(90)96)93-80(73-53-69(63-25-9-4-10-26-63)51-70(54-73)64-27-11-5-12-28-64)38-24-39-81(93)74-55-71(65-29-13-6-14-30-65)52-72(56-74)66-31-15-7-16-32-66;/h4-59H,1-3H3;/q-2;. The average molecular weight is 1480 g/mol. The van der Waals surface area contributed by atoms with Crippen LogP contribution in [0.1, 0.15) is 26.3 Å². The molecule has 4 heterocycles. The summed E-state index contributed by atoms with van der Waals surface area (Å²) >= 11 is 0. The van der Waals surface area contributed by atoms with Crippen LogP contribution >= 0.6 is 0 Å². The van der Waals surface area contributed by atoms with Crippen LogP contribution in [0.15, 0.2) is 340 Å². The molecule has 0 N–H and O–H groups in total. The summed E-state index contributed by atoms with van der Waals surface area (Å²) in [6.45, 7) is 6.73. The molecule has 101 heavy (non-hydrogen) atoms. The third-order valence-electron chi connectivity index (χ3n) is 19.5. The van der Waals surface area contributed by atoms with Gasteiger partial charge in [-0.2, -0.15) is 18.2 Å². The van der Waals surface area contributed by atoms with E-state index in [2.05, 4.69) is 373 Å². The molecule has 7 heteroatoms. The Morgan fingerprint density at radius 3 is 1.40 bits per heavy atom. The van der Waals surface area contributed by atoms with E-state index in [1.165, 1.54) is 27.4 Å². The van der Waals surface area contributed by atoms with E-state index in [9.17, 15) is 0 Å². The van der Waals surface area contributed by atoms with Crippen LogP contribution < -0.4 is 9.30 Å². The van der Waals surface area contributed by atoms with Gasteiger partial charge in [-0.25, -0.2) is 4.98 Å². The van der Waals surface area contributed by atoms with Gasteiger partial charge in [0.1, 0.15) is 5.82 Å². The monoisotopic (exact) mass is 1470 g/mol. The number of hydrogen-bond acceptors (Lipinski definition) is 2. The van der Waals surface area contributed by atoms with Gasteiger partial charge in [0.15, 0.2) is 0 Å². The first kappa shape index (κ1) is 62.3. The summed E-state index contributed by atoms with van der Waals surface area (Å²) in [4.78, 5) is 5.07. The number of fused-ring (bicyclic) bond motifs is 7. The molecule has 0 aliphatic carbocycles. The third-order valence-corrected chi connectivity index (χ3v) is 19.5. The fourth-order valence-corrected chi connectivity index (χ4v) is 14.6. The Balaban J connectivity index is 0.00000760. The van der Waals surface area contributed by atoms with Crippen LogP contribution in [0.4, 0.5) is 0 Å². The van der Waals surface area contributed by atoms with Gasteiger partial charge >= 0.3 is 0 Å². The van der Waals surface area contributed by atoms with Gasteiger partial charge in [0, 0.05) is 60.7 Å². The minimum atomic E-state index is -0.111. The molecule has 18 rings (SSSR count). The van der Waals surface area contributed by atoms with Crippen molar-refractivity contribution in [3.8, 4) is 112 Å². The molecular formula is C94H65N5OPt-2. The van der Waals surface area contributed by atoms with Crippen LogP contribution in [0.25, 0.3) is 155 Å². The maximum absolute atomic E-state index is 6.98. The zero-order valence-electron chi connectivity index (χ0n) is 55.8. The topological polar surface area (TPSA) is 40.8 Å². The number of aromatic nitrogens is 5. The summed E-state index contributed by atoms with van der Waals surface area (Å²) in [6.07, 6.45) is 5.89. The minimum Gasteiger partial charge on any atom is -0.510 e. The number of hydrogen-bond donors (Lipinski definition) is 0. The van der Waals surface area contributed by atoms with E-state index in [4.69, 9.17) is 9.72 Å². The molecule has 18 aromatic rings. The molecule has 484 valence electrons. The van der Waals surface area contributed by atoms with Gasteiger partial charge in [-0.1, -0.05) is 245 Å². The van der Waals surface area contributed by atoms with Crippen molar-refractivity contribution in [3.05, 3.63) is 364 Å². The number of nitrogens with zero attached hydrogens (tertiary/aromatic N) is 5. The molecule has 0 amide bonds. The molecule has 0 saturated heterocycles. The van der Waals surface area contributed by atoms with E-state index in [0.29, 0.717) is 11.5 Å². The van der Waals surface area contributed by atoms with E-state index >= 15 is 0 Å². The Bertz CT molecular complexity index is 5890. The summed E-state index contributed by atoms with van der Waals surface area (Å²) in [6, 6.07) is 127. The Labute approximate surface area is 601 Å². The van der Waals surface area contributed by atoms with Gasteiger partial charge in [0.2, 0.25) is 0 Å². The quantitative estimate of drug-likeness (QED) is 0.0853. The maximum Gasteiger partial charge on any atom is 0.268 e. The summed E-state index contributed by atoms with van der Waals surface area (Å²) in [5.74, 6) is 1.89. The van der Waals surface area contributed by atoms with Crippen molar-refractivity contribution in [2.75, 3.05) is 0 Å². The van der Waals surface area contributed by atoms with Gasteiger partial charge in [-0.3, -0.25) is 4.57 Å². The molecule has 0 atom stereocenters. The van der Waals surface area contributed by atoms with E-state index < -0.39 is 0 Å². The smallest absolute Gasteiger partial charge is 0.268 e.